The molecule has 142 valence electrons. The number of nitrogens with two attached hydrogens (primary N) is 1. The van der Waals surface area contributed by atoms with Crippen LogP contribution < -0.4 is 5.84 Å². The van der Waals surface area contributed by atoms with E-state index in [0.717, 1.165) is 4.31 Å². The second-order valence-electron chi connectivity index (χ2n) is 6.11. The third kappa shape index (κ3) is 3.89. The van der Waals surface area contributed by atoms with Crippen LogP contribution in [-0.2, 0) is 14.8 Å². The highest BCUT2D eigenvalue weighted by atomic mass is 35.5. The monoisotopic (exact) mass is 407 g/mol. The summed E-state index contributed by atoms with van der Waals surface area (Å²) in [5.41, 5.74) is 0.249. The summed E-state index contributed by atoms with van der Waals surface area (Å²) < 4.78 is 26.9. The Labute approximate surface area is 162 Å². The second-order valence-corrected chi connectivity index (χ2v) is 8.43. The van der Waals surface area contributed by atoms with Gasteiger partial charge >= 0.3 is 0 Å². The summed E-state index contributed by atoms with van der Waals surface area (Å²) in [6, 6.07) is 12.8. The molecular weight excluding hydrogens is 390 g/mol. The Morgan fingerprint density at radius 2 is 1.70 bits per heavy atom. The van der Waals surface area contributed by atoms with E-state index in [2.05, 4.69) is 0 Å². The molecule has 0 saturated carbocycles. The number of imide groups is 1. The third-order valence-corrected chi connectivity index (χ3v) is 6.56. The van der Waals surface area contributed by atoms with E-state index >= 15 is 0 Å². The predicted molar refractivity (Wildman–Crippen MR) is 100 cm³/mol. The van der Waals surface area contributed by atoms with Crippen molar-refractivity contribution in [2.75, 3.05) is 6.54 Å². The molecule has 1 saturated heterocycles. The van der Waals surface area contributed by atoms with Crippen LogP contribution in [0.2, 0.25) is 5.02 Å². The van der Waals surface area contributed by atoms with Gasteiger partial charge in [-0.3, -0.25) is 9.59 Å². The molecule has 2 aromatic rings. The number of carbonyl (C=O) groups excluding carboxylic acids is 2. The van der Waals surface area contributed by atoms with E-state index in [-0.39, 0.29) is 17.0 Å². The number of nitrogens with zero attached hydrogens (tertiary/aromatic N) is 2. The smallest absolute Gasteiger partial charge is 0.271 e. The van der Waals surface area contributed by atoms with Gasteiger partial charge < -0.3 is 0 Å². The first kappa shape index (κ1) is 19.5. The maximum absolute atomic E-state index is 12.9. The molecule has 0 bridgehead atoms. The molecule has 0 aromatic heterocycles. The van der Waals surface area contributed by atoms with E-state index in [4.69, 9.17) is 17.4 Å². The minimum Gasteiger partial charge on any atom is -0.271 e. The Morgan fingerprint density at radius 1 is 1.07 bits per heavy atom. The van der Waals surface area contributed by atoms with Crippen LogP contribution in [0, 0.1) is 0 Å². The van der Waals surface area contributed by atoms with Crippen LogP contribution >= 0.6 is 11.6 Å². The first-order valence-electron chi connectivity index (χ1n) is 8.28. The second kappa shape index (κ2) is 7.77. The standard InChI is InChI=1S/C18H18ClN3O4S/c19-14-8-10-15(11-9-14)27(25,26)21-12-4-7-16(21)18(24)22(20)17(23)13-5-2-1-3-6-13/h1-3,5-6,8-11,16H,4,7,12,20H2. The van der Waals surface area contributed by atoms with Crippen LogP contribution in [0.15, 0.2) is 59.5 Å². The Balaban J connectivity index is 1.84. The number of carbonyl (C=O) groups is 2. The summed E-state index contributed by atoms with van der Waals surface area (Å²) in [5.74, 6) is 4.30. The van der Waals surface area contributed by atoms with Gasteiger partial charge in [0.1, 0.15) is 6.04 Å². The molecule has 9 heteroatoms. The molecule has 1 aliphatic rings. The van der Waals surface area contributed by atoms with Crippen molar-refractivity contribution in [3.05, 3.63) is 65.2 Å². The van der Waals surface area contributed by atoms with E-state index in [1.54, 1.807) is 18.2 Å². The van der Waals surface area contributed by atoms with E-state index in [1.807, 2.05) is 0 Å². The van der Waals surface area contributed by atoms with Crippen LogP contribution in [0.5, 0.6) is 0 Å². The maximum Gasteiger partial charge on any atom is 0.274 e. The van der Waals surface area contributed by atoms with Gasteiger partial charge in [0.2, 0.25) is 10.0 Å². The van der Waals surface area contributed by atoms with Gasteiger partial charge in [0.25, 0.3) is 11.8 Å². The van der Waals surface area contributed by atoms with Crippen molar-refractivity contribution >= 4 is 33.4 Å². The lowest BCUT2D eigenvalue weighted by atomic mass is 10.2. The Morgan fingerprint density at radius 3 is 2.33 bits per heavy atom. The molecule has 1 unspecified atom stereocenters. The molecule has 1 aliphatic heterocycles. The van der Waals surface area contributed by atoms with Crippen molar-refractivity contribution < 1.29 is 18.0 Å². The fraction of sp³-hybridized carbons (Fsp3) is 0.222. The average molecular weight is 408 g/mol. The molecule has 1 heterocycles. The fourth-order valence-electron chi connectivity index (χ4n) is 3.00. The number of halogens is 1. The normalized spacial score (nSPS) is 17.6. The molecule has 7 nitrogen and oxygen atoms in total. The van der Waals surface area contributed by atoms with Gasteiger partial charge in [-0.2, -0.15) is 4.31 Å². The van der Waals surface area contributed by atoms with Gasteiger partial charge in [0.15, 0.2) is 0 Å². The zero-order valence-electron chi connectivity index (χ0n) is 14.3. The molecular formula is C18H18ClN3O4S. The number of sulfonamides is 1. The minimum atomic E-state index is -3.91. The fourth-order valence-corrected chi connectivity index (χ4v) is 4.77. The molecule has 2 aromatic carbocycles. The predicted octanol–water partition coefficient (Wildman–Crippen LogP) is 2.04. The largest absolute Gasteiger partial charge is 0.274 e. The van der Waals surface area contributed by atoms with E-state index < -0.39 is 27.9 Å². The molecule has 1 fully saturated rings. The van der Waals surface area contributed by atoms with Crippen molar-refractivity contribution in [3.8, 4) is 0 Å². The molecule has 0 radical (unpaired) electrons. The highest BCUT2D eigenvalue weighted by Crippen LogP contribution is 2.28. The maximum atomic E-state index is 12.9. The zero-order valence-corrected chi connectivity index (χ0v) is 15.9. The number of benzene rings is 2. The molecule has 1 atom stereocenters. The number of hydrogen-bond acceptors (Lipinski definition) is 5. The summed E-state index contributed by atoms with van der Waals surface area (Å²) in [6.45, 7) is 0.175. The average Bonchev–Trinajstić information content (AvgIpc) is 3.18. The van der Waals surface area contributed by atoms with Crippen molar-refractivity contribution in [1.82, 2.24) is 9.31 Å². The number of hydrogen-bond donors (Lipinski definition) is 1. The van der Waals surface area contributed by atoms with Gasteiger partial charge in [-0.05, 0) is 49.2 Å². The Bertz CT molecular complexity index is 948. The van der Waals surface area contributed by atoms with Gasteiger partial charge in [0.05, 0.1) is 4.90 Å². The topological polar surface area (TPSA) is 101 Å². The quantitative estimate of drug-likeness (QED) is 0.361. The summed E-state index contributed by atoms with van der Waals surface area (Å²) in [4.78, 5) is 25.2. The lowest BCUT2D eigenvalue weighted by Crippen LogP contribution is -2.52. The summed E-state index contributed by atoms with van der Waals surface area (Å²) >= 11 is 5.81. The number of rotatable bonds is 4. The van der Waals surface area contributed by atoms with Crippen LogP contribution in [0.1, 0.15) is 23.2 Å². The molecule has 0 aliphatic carbocycles. The molecule has 0 spiro atoms. The van der Waals surface area contributed by atoms with Crippen LogP contribution in [0.3, 0.4) is 0 Å². The lowest BCUT2D eigenvalue weighted by molar-refractivity contribution is -0.132. The van der Waals surface area contributed by atoms with Crippen molar-refractivity contribution in [2.24, 2.45) is 5.84 Å². The van der Waals surface area contributed by atoms with Crippen LogP contribution in [0.4, 0.5) is 0 Å². The molecule has 2 amide bonds. The summed E-state index contributed by atoms with van der Waals surface area (Å²) in [6.07, 6.45) is 0.790. The Hall–Kier alpha value is -2.26. The first-order valence-corrected chi connectivity index (χ1v) is 10.1. The van der Waals surface area contributed by atoms with Crippen molar-refractivity contribution in [3.63, 3.8) is 0 Å². The third-order valence-electron chi connectivity index (χ3n) is 4.39. The van der Waals surface area contributed by atoms with Crippen LogP contribution in [-0.4, -0.2) is 42.1 Å². The van der Waals surface area contributed by atoms with Crippen LogP contribution in [0.25, 0.3) is 0 Å². The zero-order chi connectivity index (χ0) is 19.6. The van der Waals surface area contributed by atoms with Crippen molar-refractivity contribution in [2.45, 2.75) is 23.8 Å². The van der Waals surface area contributed by atoms with E-state index in [9.17, 15) is 18.0 Å². The van der Waals surface area contributed by atoms with Gasteiger partial charge in [-0.1, -0.05) is 29.8 Å². The minimum absolute atomic E-state index is 0.0320. The van der Waals surface area contributed by atoms with Gasteiger partial charge in [0, 0.05) is 17.1 Å². The summed E-state index contributed by atoms with van der Waals surface area (Å²) in [7, 11) is -3.91. The van der Waals surface area contributed by atoms with E-state index in [0.29, 0.717) is 22.9 Å². The number of amides is 2. The Kier molecular flexibility index (Phi) is 5.61. The summed E-state index contributed by atoms with van der Waals surface area (Å²) in [5, 5.41) is 0.903. The molecule has 3 rings (SSSR count). The highest BCUT2D eigenvalue weighted by Gasteiger charge is 2.42. The molecule has 27 heavy (non-hydrogen) atoms. The van der Waals surface area contributed by atoms with Gasteiger partial charge in [-0.25, -0.2) is 19.3 Å². The van der Waals surface area contributed by atoms with Gasteiger partial charge in [-0.15, -0.1) is 0 Å². The van der Waals surface area contributed by atoms with E-state index in [1.165, 1.54) is 36.4 Å². The molecule has 2 N–H and O–H groups in total. The lowest BCUT2D eigenvalue weighted by Gasteiger charge is -2.26. The SMILES string of the molecule is NN(C(=O)c1ccccc1)C(=O)C1CCCN1S(=O)(=O)c1ccc(Cl)cc1. The number of hydrazine groups is 1. The highest BCUT2D eigenvalue weighted by molar-refractivity contribution is 7.89. The first-order chi connectivity index (χ1) is 12.8. The van der Waals surface area contributed by atoms with Crippen molar-refractivity contribution in [1.29, 1.82) is 0 Å².